The number of amides is 2. The number of halogens is 1. The van der Waals surface area contributed by atoms with Crippen molar-refractivity contribution in [2.45, 2.75) is 24.2 Å². The molecule has 1 N–H and O–H groups in total. The van der Waals surface area contributed by atoms with Crippen LogP contribution in [0.5, 0.6) is 17.2 Å². The summed E-state index contributed by atoms with van der Waals surface area (Å²) in [6, 6.07) is 23.9. The largest absolute Gasteiger partial charge is 0.493 e. The van der Waals surface area contributed by atoms with Gasteiger partial charge in [0.1, 0.15) is 11.6 Å². The molecule has 2 amide bonds. The third-order valence-electron chi connectivity index (χ3n) is 7.43. The van der Waals surface area contributed by atoms with Crippen molar-refractivity contribution in [2.75, 3.05) is 26.6 Å². The van der Waals surface area contributed by atoms with Crippen LogP contribution in [-0.2, 0) is 16.1 Å². The van der Waals surface area contributed by atoms with Gasteiger partial charge in [0.25, 0.3) is 11.8 Å². The van der Waals surface area contributed by atoms with Crippen molar-refractivity contribution >= 4 is 40.6 Å². The van der Waals surface area contributed by atoms with Gasteiger partial charge in [-0.2, -0.15) is 5.10 Å². The number of carbonyl (C=O) groups is 2. The maximum absolute atomic E-state index is 13.9. The van der Waals surface area contributed by atoms with Gasteiger partial charge in [-0.05, 0) is 53.9 Å². The Morgan fingerprint density at radius 1 is 0.979 bits per heavy atom. The van der Waals surface area contributed by atoms with E-state index in [1.807, 2.05) is 47.8 Å². The van der Waals surface area contributed by atoms with E-state index in [1.165, 1.54) is 17.1 Å². The predicted octanol–water partition coefficient (Wildman–Crippen LogP) is 5.65. The zero-order valence-corrected chi connectivity index (χ0v) is 27.7. The molecule has 2 aromatic heterocycles. The molecule has 0 unspecified atom stereocenters. The number of thioether (sulfide) groups is 1. The lowest BCUT2D eigenvalue weighted by atomic mass is 9.99. The Labute approximate surface area is 284 Å². The third-order valence-corrected chi connectivity index (χ3v) is 9.26. The van der Waals surface area contributed by atoms with Gasteiger partial charge in [-0.25, -0.2) is 9.40 Å². The molecular weight excluding hydrogens is 656 g/mol. The van der Waals surface area contributed by atoms with E-state index in [0.29, 0.717) is 40.3 Å². The topological polar surface area (TPSA) is 120 Å². The van der Waals surface area contributed by atoms with Gasteiger partial charge in [0.2, 0.25) is 0 Å². The number of thiophene rings is 1. The SMILES string of the molecule is COc1cccc([C@H]2CC(c3cccs3)=NN2C(=O)CSc2nnc(CNC(=O)COc3ccccc3)n2-c2ccc(F)cc2)c1OC. The molecule has 246 valence electrons. The van der Waals surface area contributed by atoms with Crippen molar-refractivity contribution in [1.82, 2.24) is 25.1 Å². The highest BCUT2D eigenvalue weighted by molar-refractivity contribution is 7.99. The van der Waals surface area contributed by atoms with E-state index in [1.54, 1.807) is 60.5 Å². The molecule has 0 bridgehead atoms. The van der Waals surface area contributed by atoms with Crippen molar-refractivity contribution in [3.8, 4) is 22.9 Å². The lowest BCUT2D eigenvalue weighted by Crippen LogP contribution is -2.29. The Hall–Kier alpha value is -5.21. The second-order valence-electron chi connectivity index (χ2n) is 10.4. The molecule has 0 radical (unpaired) electrons. The molecule has 14 heteroatoms. The molecule has 3 aromatic carbocycles. The van der Waals surface area contributed by atoms with E-state index >= 15 is 0 Å². The number of nitrogens with zero attached hydrogens (tertiary/aromatic N) is 5. The fourth-order valence-corrected chi connectivity index (χ4v) is 6.74. The van der Waals surface area contributed by atoms with Gasteiger partial charge in [-0.15, -0.1) is 21.5 Å². The zero-order chi connectivity index (χ0) is 33.5. The summed E-state index contributed by atoms with van der Waals surface area (Å²) in [5.74, 6) is 1.00. The number of methoxy groups -OCH3 is 2. The number of rotatable bonds is 13. The van der Waals surface area contributed by atoms with E-state index in [4.69, 9.17) is 19.3 Å². The minimum atomic E-state index is -0.431. The molecule has 0 saturated carbocycles. The normalized spacial score (nSPS) is 14.0. The van der Waals surface area contributed by atoms with Crippen LogP contribution in [0.1, 0.15) is 28.7 Å². The highest BCUT2D eigenvalue weighted by atomic mass is 32.2. The second kappa shape index (κ2) is 15.1. The van der Waals surface area contributed by atoms with Gasteiger partial charge in [0, 0.05) is 17.7 Å². The van der Waals surface area contributed by atoms with Crippen molar-refractivity contribution in [2.24, 2.45) is 5.10 Å². The van der Waals surface area contributed by atoms with Gasteiger partial charge in [-0.3, -0.25) is 14.2 Å². The molecule has 0 saturated heterocycles. The van der Waals surface area contributed by atoms with E-state index in [2.05, 4.69) is 15.5 Å². The second-order valence-corrected chi connectivity index (χ2v) is 12.3. The first-order valence-corrected chi connectivity index (χ1v) is 16.7. The highest BCUT2D eigenvalue weighted by Gasteiger charge is 2.36. The number of ether oxygens (including phenoxy) is 3. The van der Waals surface area contributed by atoms with Crippen LogP contribution in [0.2, 0.25) is 0 Å². The van der Waals surface area contributed by atoms with Crippen LogP contribution in [0.4, 0.5) is 4.39 Å². The molecule has 0 spiro atoms. The molecule has 1 aliphatic heterocycles. The Morgan fingerprint density at radius 3 is 2.52 bits per heavy atom. The maximum Gasteiger partial charge on any atom is 0.258 e. The Kier molecular flexibility index (Phi) is 10.3. The molecule has 48 heavy (non-hydrogen) atoms. The lowest BCUT2D eigenvalue weighted by Gasteiger charge is -2.24. The monoisotopic (exact) mass is 686 g/mol. The maximum atomic E-state index is 13.9. The van der Waals surface area contributed by atoms with Crippen molar-refractivity contribution < 1.29 is 28.2 Å². The quantitative estimate of drug-likeness (QED) is 0.158. The molecule has 5 aromatic rings. The molecule has 3 heterocycles. The van der Waals surface area contributed by atoms with Crippen LogP contribution in [0.15, 0.2) is 101 Å². The first kappa shape index (κ1) is 32.7. The Bertz CT molecular complexity index is 1900. The van der Waals surface area contributed by atoms with Crippen LogP contribution in [-0.4, -0.2) is 63.9 Å². The van der Waals surface area contributed by atoms with Gasteiger partial charge < -0.3 is 19.5 Å². The summed E-state index contributed by atoms with van der Waals surface area (Å²) >= 11 is 2.72. The summed E-state index contributed by atoms with van der Waals surface area (Å²) in [4.78, 5) is 27.5. The fraction of sp³-hybridized carbons (Fsp3) is 0.206. The lowest BCUT2D eigenvalue weighted by molar-refractivity contribution is -0.130. The van der Waals surface area contributed by atoms with Crippen LogP contribution >= 0.6 is 23.1 Å². The summed E-state index contributed by atoms with van der Waals surface area (Å²) in [6.07, 6.45) is 0.490. The molecule has 1 aliphatic rings. The van der Waals surface area contributed by atoms with Gasteiger partial charge in [0.05, 0.1) is 43.1 Å². The highest BCUT2D eigenvalue weighted by Crippen LogP contribution is 2.42. The summed E-state index contributed by atoms with van der Waals surface area (Å²) in [6.45, 7) is -0.165. The standard InChI is InChI=1S/C34H31FN6O5S2/c1-44-28-11-6-10-25(33(28)45-2)27-18-26(29-12-7-17-47-29)39-41(27)32(43)21-48-34-38-37-30(40(34)23-15-13-22(35)14-16-23)19-36-31(42)20-46-24-8-4-3-5-9-24/h3-17,27H,18-21H2,1-2H3,(H,36,42)/t27-/m1/s1. The number of carbonyl (C=O) groups excluding carboxylic acids is 2. The summed E-state index contributed by atoms with van der Waals surface area (Å²) in [7, 11) is 3.14. The fourth-order valence-electron chi connectivity index (χ4n) is 5.19. The number of aromatic nitrogens is 3. The number of hydrogen-bond acceptors (Lipinski definition) is 10. The van der Waals surface area contributed by atoms with Gasteiger partial charge >= 0.3 is 0 Å². The van der Waals surface area contributed by atoms with Crippen LogP contribution < -0.4 is 19.5 Å². The molecule has 1 atom stereocenters. The molecule has 11 nitrogen and oxygen atoms in total. The Balaban J connectivity index is 1.22. The third kappa shape index (κ3) is 7.34. The van der Waals surface area contributed by atoms with Crippen molar-refractivity contribution in [3.05, 3.63) is 112 Å². The predicted molar refractivity (Wildman–Crippen MR) is 180 cm³/mol. The van der Waals surface area contributed by atoms with E-state index < -0.39 is 11.9 Å². The Morgan fingerprint density at radius 2 is 1.79 bits per heavy atom. The van der Waals surface area contributed by atoms with E-state index in [0.717, 1.165) is 27.9 Å². The van der Waals surface area contributed by atoms with E-state index in [-0.39, 0.29) is 30.7 Å². The first-order chi connectivity index (χ1) is 23.4. The van der Waals surface area contributed by atoms with E-state index in [9.17, 15) is 14.0 Å². The molecule has 0 aliphatic carbocycles. The summed E-state index contributed by atoms with van der Waals surface area (Å²) in [5.41, 5.74) is 2.13. The number of benzene rings is 3. The first-order valence-electron chi connectivity index (χ1n) is 14.9. The van der Waals surface area contributed by atoms with Gasteiger partial charge in [-0.1, -0.05) is 48.2 Å². The van der Waals surface area contributed by atoms with Crippen LogP contribution in [0.3, 0.4) is 0 Å². The average Bonchev–Trinajstić information content (AvgIpc) is 3.90. The zero-order valence-electron chi connectivity index (χ0n) is 26.0. The molecular formula is C34H31FN6O5S2. The minimum Gasteiger partial charge on any atom is -0.493 e. The smallest absolute Gasteiger partial charge is 0.258 e. The average molecular weight is 687 g/mol. The van der Waals surface area contributed by atoms with Crippen molar-refractivity contribution in [1.29, 1.82) is 0 Å². The summed E-state index contributed by atoms with van der Waals surface area (Å²) in [5, 5.41) is 20.0. The molecule has 6 rings (SSSR count). The number of hydrazone groups is 1. The minimum absolute atomic E-state index is 0.0220. The number of nitrogens with one attached hydrogen (secondary N) is 1. The number of hydrogen-bond donors (Lipinski definition) is 1. The summed E-state index contributed by atoms with van der Waals surface area (Å²) < 4.78 is 32.3. The number of para-hydroxylation sites is 2. The van der Waals surface area contributed by atoms with Crippen LogP contribution in [0.25, 0.3) is 5.69 Å². The molecule has 0 fully saturated rings. The van der Waals surface area contributed by atoms with Crippen LogP contribution in [0, 0.1) is 5.82 Å². The van der Waals surface area contributed by atoms with Crippen molar-refractivity contribution in [3.63, 3.8) is 0 Å². The van der Waals surface area contributed by atoms with Gasteiger partial charge in [0.15, 0.2) is 29.1 Å².